The van der Waals surface area contributed by atoms with Gasteiger partial charge < -0.3 is 29.8 Å². The quantitative estimate of drug-likeness (QED) is 0.240. The molecular weight excluding hydrogens is 528 g/mol. The fourth-order valence-electron chi connectivity index (χ4n) is 6.57. The summed E-state index contributed by atoms with van der Waals surface area (Å²) in [6.07, 6.45) is 6.44. The van der Waals surface area contributed by atoms with Crippen LogP contribution in [-0.4, -0.2) is 44.6 Å². The van der Waals surface area contributed by atoms with Crippen molar-refractivity contribution in [3.8, 4) is 5.75 Å². The van der Waals surface area contributed by atoms with Gasteiger partial charge >= 0.3 is 0 Å². The molecule has 0 amide bonds. The molecule has 9 heteroatoms. The van der Waals surface area contributed by atoms with Crippen LogP contribution < -0.4 is 15.8 Å². The van der Waals surface area contributed by atoms with Crippen LogP contribution in [0.1, 0.15) is 43.9 Å². The summed E-state index contributed by atoms with van der Waals surface area (Å²) in [5, 5.41) is 5.45. The molecular formula is C33H36N6O3. The molecule has 3 N–H and O–H groups in total. The molecule has 2 aliphatic rings. The minimum absolute atomic E-state index is 0.0222. The Morgan fingerprint density at radius 2 is 1.79 bits per heavy atom. The number of ether oxygens (including phenoxy) is 3. The molecule has 0 bridgehead atoms. The molecule has 5 aromatic rings. The third-order valence-electron chi connectivity index (χ3n) is 8.64. The van der Waals surface area contributed by atoms with E-state index in [0.29, 0.717) is 18.3 Å². The molecule has 0 radical (unpaired) electrons. The van der Waals surface area contributed by atoms with Crippen molar-refractivity contribution in [1.82, 2.24) is 19.5 Å². The zero-order chi connectivity index (χ0) is 28.8. The monoisotopic (exact) mass is 564 g/mol. The van der Waals surface area contributed by atoms with Crippen molar-refractivity contribution >= 4 is 33.6 Å². The molecule has 42 heavy (non-hydrogen) atoms. The number of benzene rings is 2. The molecule has 0 spiro atoms. The number of pyridine rings is 1. The van der Waals surface area contributed by atoms with Gasteiger partial charge in [0.1, 0.15) is 35.5 Å². The number of aryl methyl sites for hydroxylation is 1. The van der Waals surface area contributed by atoms with Crippen molar-refractivity contribution < 1.29 is 14.2 Å². The van der Waals surface area contributed by atoms with Gasteiger partial charge in [-0.3, -0.25) is 0 Å². The second-order valence-corrected chi connectivity index (χ2v) is 11.8. The molecule has 216 valence electrons. The Bertz CT molecular complexity index is 1730. The lowest BCUT2D eigenvalue weighted by molar-refractivity contribution is -0.160. The van der Waals surface area contributed by atoms with Crippen LogP contribution in [0.5, 0.6) is 5.75 Å². The molecule has 2 fully saturated rings. The first-order valence-electron chi connectivity index (χ1n) is 14.6. The molecule has 9 nitrogen and oxygen atoms in total. The number of aromatic nitrogens is 4. The molecule has 2 aromatic carbocycles. The Morgan fingerprint density at radius 1 is 1.00 bits per heavy atom. The van der Waals surface area contributed by atoms with Gasteiger partial charge in [-0.05, 0) is 86.6 Å². The lowest BCUT2D eigenvalue weighted by atomic mass is 9.95. The van der Waals surface area contributed by atoms with Crippen molar-refractivity contribution in [3.63, 3.8) is 0 Å². The van der Waals surface area contributed by atoms with Crippen molar-refractivity contribution in [1.29, 1.82) is 0 Å². The number of fused-ring (bicyclic) bond motifs is 3. The normalized spacial score (nSPS) is 22.9. The van der Waals surface area contributed by atoms with Crippen LogP contribution >= 0.6 is 0 Å². The van der Waals surface area contributed by atoms with Crippen LogP contribution in [0.3, 0.4) is 0 Å². The molecule has 4 atom stereocenters. The Hall–Kier alpha value is -4.21. The van der Waals surface area contributed by atoms with Gasteiger partial charge in [0.2, 0.25) is 0 Å². The fourth-order valence-corrected chi connectivity index (χ4v) is 6.57. The Balaban J connectivity index is 1.06. The topological polar surface area (TPSA) is 109 Å². The highest BCUT2D eigenvalue weighted by Crippen LogP contribution is 2.49. The average Bonchev–Trinajstić information content (AvgIpc) is 3.66. The SMILES string of the molecule is COc1ccc(CNc2ccc3ccc(CC[C@H]4C[C@@H](n5ccc6c(N)ncnc65)[C@@H]5OC(C)(C)O[C@H]45)cc3n2)cc1. The van der Waals surface area contributed by atoms with Crippen LogP contribution in [-0.2, 0) is 22.4 Å². The predicted molar refractivity (Wildman–Crippen MR) is 163 cm³/mol. The zero-order valence-corrected chi connectivity index (χ0v) is 24.2. The number of nitrogens with zero attached hydrogens (tertiary/aromatic N) is 4. The summed E-state index contributed by atoms with van der Waals surface area (Å²) in [5.74, 6) is 1.94. The van der Waals surface area contributed by atoms with E-state index in [0.717, 1.165) is 52.8 Å². The van der Waals surface area contributed by atoms with Gasteiger partial charge in [-0.1, -0.05) is 24.3 Å². The zero-order valence-electron chi connectivity index (χ0n) is 24.2. The number of nitrogens with one attached hydrogen (secondary N) is 1. The van der Waals surface area contributed by atoms with Gasteiger partial charge in [-0.2, -0.15) is 0 Å². The summed E-state index contributed by atoms with van der Waals surface area (Å²) in [5.41, 5.74) is 10.4. The van der Waals surface area contributed by atoms with E-state index in [1.165, 1.54) is 17.5 Å². The van der Waals surface area contributed by atoms with E-state index >= 15 is 0 Å². The van der Waals surface area contributed by atoms with Crippen molar-refractivity contribution in [3.05, 3.63) is 84.3 Å². The average molecular weight is 565 g/mol. The molecule has 0 unspecified atom stereocenters. The van der Waals surface area contributed by atoms with E-state index in [9.17, 15) is 0 Å². The number of hydrogen-bond donors (Lipinski definition) is 2. The summed E-state index contributed by atoms with van der Waals surface area (Å²) in [6.45, 7) is 4.70. The molecule has 3 aromatic heterocycles. The summed E-state index contributed by atoms with van der Waals surface area (Å²) >= 11 is 0. The second-order valence-electron chi connectivity index (χ2n) is 11.8. The first kappa shape index (κ1) is 26.7. The number of nitrogens with two attached hydrogens (primary N) is 1. The molecule has 1 aliphatic heterocycles. The number of rotatable bonds is 8. The van der Waals surface area contributed by atoms with Gasteiger partial charge in [0.25, 0.3) is 0 Å². The van der Waals surface area contributed by atoms with Gasteiger partial charge in [0.15, 0.2) is 5.79 Å². The van der Waals surface area contributed by atoms with E-state index in [2.05, 4.69) is 62.4 Å². The van der Waals surface area contributed by atoms with Crippen molar-refractivity contribution in [2.24, 2.45) is 5.92 Å². The Kier molecular flexibility index (Phi) is 6.71. The predicted octanol–water partition coefficient (Wildman–Crippen LogP) is 5.90. The Labute approximate surface area is 245 Å². The smallest absolute Gasteiger partial charge is 0.163 e. The van der Waals surface area contributed by atoms with Crippen LogP contribution in [0.15, 0.2) is 73.2 Å². The van der Waals surface area contributed by atoms with E-state index < -0.39 is 5.79 Å². The highest BCUT2D eigenvalue weighted by molar-refractivity contribution is 5.86. The van der Waals surface area contributed by atoms with E-state index in [4.69, 9.17) is 24.9 Å². The third kappa shape index (κ3) is 5.03. The van der Waals surface area contributed by atoms with Gasteiger partial charge in [0.05, 0.1) is 30.2 Å². The first-order chi connectivity index (χ1) is 20.4. The highest BCUT2D eigenvalue weighted by Gasteiger charge is 2.54. The van der Waals surface area contributed by atoms with Crippen molar-refractivity contribution in [2.45, 2.75) is 63.7 Å². The summed E-state index contributed by atoms with van der Waals surface area (Å²) in [6, 6.07) is 20.9. The molecule has 7 rings (SSSR count). The Morgan fingerprint density at radius 3 is 2.62 bits per heavy atom. The van der Waals surface area contributed by atoms with E-state index in [-0.39, 0.29) is 18.2 Å². The largest absolute Gasteiger partial charge is 0.497 e. The number of anilines is 2. The molecule has 1 saturated carbocycles. The molecule has 4 heterocycles. The van der Waals surface area contributed by atoms with Crippen LogP contribution in [0.2, 0.25) is 0 Å². The van der Waals surface area contributed by atoms with Crippen LogP contribution in [0.4, 0.5) is 11.6 Å². The van der Waals surface area contributed by atoms with Gasteiger partial charge in [-0.25, -0.2) is 15.0 Å². The minimum atomic E-state index is -0.620. The fraction of sp³-hybridized carbons (Fsp3) is 0.364. The number of nitrogen functional groups attached to an aromatic ring is 1. The molecule has 1 saturated heterocycles. The van der Waals surface area contributed by atoms with Crippen molar-refractivity contribution in [2.75, 3.05) is 18.2 Å². The summed E-state index contributed by atoms with van der Waals surface area (Å²) < 4.78 is 20.4. The van der Waals surface area contributed by atoms with E-state index in [1.807, 2.05) is 38.1 Å². The lowest BCUT2D eigenvalue weighted by Crippen LogP contribution is -2.27. The highest BCUT2D eigenvalue weighted by atomic mass is 16.8. The number of hydrogen-bond acceptors (Lipinski definition) is 8. The van der Waals surface area contributed by atoms with E-state index in [1.54, 1.807) is 7.11 Å². The number of methoxy groups -OCH3 is 1. The minimum Gasteiger partial charge on any atom is -0.497 e. The maximum atomic E-state index is 6.48. The standard InChI is InChI=1S/C33H36N6O3/c1-33(2)41-29-23(17-27(30(29)42-33)39-15-14-25-31(34)36-19-37-32(25)39)9-5-20-4-8-22-10-13-28(38-26(22)16-20)35-18-21-6-11-24(40-3)12-7-21/h4,6-8,10-16,19,23,27,29-30H,5,9,17-18H2,1-3H3,(H,35,38)(H2,34,36,37)/t23-,27+,29+,30-/m0/s1. The van der Waals surface area contributed by atoms with Gasteiger partial charge in [-0.15, -0.1) is 0 Å². The maximum Gasteiger partial charge on any atom is 0.163 e. The first-order valence-corrected chi connectivity index (χ1v) is 14.6. The summed E-state index contributed by atoms with van der Waals surface area (Å²) in [4.78, 5) is 13.6. The second kappa shape index (κ2) is 10.6. The third-order valence-corrected chi connectivity index (χ3v) is 8.64. The lowest BCUT2D eigenvalue weighted by Gasteiger charge is -2.24. The molecule has 1 aliphatic carbocycles. The summed E-state index contributed by atoms with van der Waals surface area (Å²) in [7, 11) is 1.68. The van der Waals surface area contributed by atoms with Gasteiger partial charge in [0, 0.05) is 18.1 Å². The van der Waals surface area contributed by atoms with Crippen LogP contribution in [0.25, 0.3) is 21.9 Å². The van der Waals surface area contributed by atoms with Crippen LogP contribution in [0, 0.1) is 5.92 Å². The maximum absolute atomic E-state index is 6.48.